The van der Waals surface area contributed by atoms with Crippen molar-refractivity contribution in [3.63, 3.8) is 0 Å². The summed E-state index contributed by atoms with van der Waals surface area (Å²) in [6.45, 7) is 0. The lowest BCUT2D eigenvalue weighted by Crippen LogP contribution is -2.17. The van der Waals surface area contributed by atoms with Crippen molar-refractivity contribution in [2.45, 2.75) is 0 Å². The summed E-state index contributed by atoms with van der Waals surface area (Å²) in [5, 5.41) is 32.9. The van der Waals surface area contributed by atoms with E-state index in [0.29, 0.717) is 28.0 Å². The number of imidazole rings is 1. The van der Waals surface area contributed by atoms with Crippen LogP contribution in [0.1, 0.15) is 15.9 Å². The van der Waals surface area contributed by atoms with Crippen LogP contribution in [0.4, 0.5) is 0 Å². The topological polar surface area (TPSA) is 131 Å². The van der Waals surface area contributed by atoms with Gasteiger partial charge in [0.05, 0.1) is 27.8 Å². The number of benzene rings is 3. The molecule has 0 saturated heterocycles. The Morgan fingerprint density at radius 2 is 1.84 bits per heavy atom. The fourth-order valence-corrected chi connectivity index (χ4v) is 3.36. The van der Waals surface area contributed by atoms with Crippen molar-refractivity contribution in [3.8, 4) is 28.6 Å². The molecule has 0 aliphatic rings. The quantitative estimate of drug-likeness (QED) is 0.229. The second kappa shape index (κ2) is 8.17. The van der Waals surface area contributed by atoms with Crippen LogP contribution in [0.25, 0.3) is 22.4 Å². The first-order chi connectivity index (χ1) is 14.8. The molecule has 0 unspecified atom stereocenters. The minimum atomic E-state index is -0.507. The summed E-state index contributed by atoms with van der Waals surface area (Å²) in [7, 11) is 0. The van der Waals surface area contributed by atoms with Crippen LogP contribution in [0, 0.1) is 0 Å². The maximum absolute atomic E-state index is 12.4. The van der Waals surface area contributed by atoms with E-state index in [-0.39, 0.29) is 21.4 Å². The highest BCUT2D eigenvalue weighted by Gasteiger charge is 2.14. The Morgan fingerprint density at radius 3 is 2.61 bits per heavy atom. The van der Waals surface area contributed by atoms with E-state index in [2.05, 4.69) is 20.5 Å². The zero-order chi connectivity index (χ0) is 22.1. The van der Waals surface area contributed by atoms with E-state index >= 15 is 0 Å². The number of halogens is 2. The predicted molar refractivity (Wildman–Crippen MR) is 118 cm³/mol. The SMILES string of the molecule is O=C(N/N=C/c1cc(Cl)c(O)c(Cl)c1O)c1ccc2nc(-c3ccccc3O)[nH]c2c1. The van der Waals surface area contributed by atoms with Crippen molar-refractivity contribution in [1.82, 2.24) is 15.4 Å². The third-order valence-electron chi connectivity index (χ3n) is 4.47. The highest BCUT2D eigenvalue weighted by atomic mass is 35.5. The molecule has 8 nitrogen and oxygen atoms in total. The van der Waals surface area contributed by atoms with Gasteiger partial charge in [0.1, 0.15) is 22.3 Å². The molecule has 0 aliphatic heterocycles. The average molecular weight is 457 g/mol. The van der Waals surface area contributed by atoms with Crippen molar-refractivity contribution in [1.29, 1.82) is 0 Å². The Morgan fingerprint density at radius 1 is 1.06 bits per heavy atom. The molecule has 4 rings (SSSR count). The number of hydrogen-bond acceptors (Lipinski definition) is 6. The van der Waals surface area contributed by atoms with Crippen LogP contribution in [-0.2, 0) is 0 Å². The smallest absolute Gasteiger partial charge is 0.271 e. The molecule has 0 saturated carbocycles. The molecule has 0 atom stereocenters. The van der Waals surface area contributed by atoms with Gasteiger partial charge >= 0.3 is 0 Å². The summed E-state index contributed by atoms with van der Waals surface area (Å²) in [5.41, 5.74) is 4.53. The molecule has 4 aromatic rings. The Kier molecular flexibility index (Phi) is 5.41. The molecule has 5 N–H and O–H groups in total. The molecular weight excluding hydrogens is 443 g/mol. The standard InChI is InChI=1S/C21H14Cl2N4O4/c22-13-7-11(18(29)17(23)19(13)30)9-24-27-21(31)10-5-6-14-15(8-10)26-20(25-14)12-3-1-2-4-16(12)28/h1-9,28-30H,(H,25,26)(H,27,31)/b24-9+. The Hall–Kier alpha value is -3.75. The fraction of sp³-hybridized carbons (Fsp3) is 0. The molecule has 1 heterocycles. The molecule has 1 amide bonds. The molecule has 0 aliphatic carbocycles. The van der Waals surface area contributed by atoms with Gasteiger partial charge in [-0.3, -0.25) is 4.79 Å². The van der Waals surface area contributed by atoms with Gasteiger partial charge in [-0.05, 0) is 36.4 Å². The van der Waals surface area contributed by atoms with Crippen LogP contribution < -0.4 is 5.43 Å². The Balaban J connectivity index is 1.55. The average Bonchev–Trinajstić information content (AvgIpc) is 3.19. The number of nitrogens with zero attached hydrogens (tertiary/aromatic N) is 2. The zero-order valence-electron chi connectivity index (χ0n) is 15.6. The fourth-order valence-electron chi connectivity index (χ4n) is 2.89. The summed E-state index contributed by atoms with van der Waals surface area (Å²) in [6, 6.07) is 12.9. The van der Waals surface area contributed by atoms with Crippen LogP contribution in [0.15, 0.2) is 53.6 Å². The first-order valence-electron chi connectivity index (χ1n) is 8.86. The number of carbonyl (C=O) groups excluding carboxylic acids is 1. The highest BCUT2D eigenvalue weighted by molar-refractivity contribution is 6.38. The number of phenols is 3. The zero-order valence-corrected chi connectivity index (χ0v) is 17.1. The molecule has 1 aromatic heterocycles. The maximum atomic E-state index is 12.4. The van der Waals surface area contributed by atoms with Gasteiger partial charge in [0.2, 0.25) is 0 Å². The van der Waals surface area contributed by atoms with Gasteiger partial charge in [0, 0.05) is 11.1 Å². The number of amides is 1. The van der Waals surface area contributed by atoms with Crippen LogP contribution in [0.5, 0.6) is 17.2 Å². The van der Waals surface area contributed by atoms with Crippen LogP contribution >= 0.6 is 23.2 Å². The van der Waals surface area contributed by atoms with Gasteiger partial charge in [-0.2, -0.15) is 5.10 Å². The molecule has 31 heavy (non-hydrogen) atoms. The van der Waals surface area contributed by atoms with Gasteiger partial charge in [-0.15, -0.1) is 0 Å². The van der Waals surface area contributed by atoms with Crippen LogP contribution in [0.2, 0.25) is 10.0 Å². The third-order valence-corrected chi connectivity index (χ3v) is 5.12. The number of fused-ring (bicyclic) bond motifs is 1. The first-order valence-corrected chi connectivity index (χ1v) is 9.62. The van der Waals surface area contributed by atoms with Crippen LogP contribution in [-0.4, -0.2) is 37.4 Å². The van der Waals surface area contributed by atoms with E-state index < -0.39 is 17.4 Å². The van der Waals surface area contributed by atoms with E-state index in [0.717, 1.165) is 6.21 Å². The molecule has 0 fully saturated rings. The number of nitrogens with one attached hydrogen (secondary N) is 2. The Labute approximate surface area is 185 Å². The molecule has 0 spiro atoms. The number of phenolic OH excluding ortho intramolecular Hbond substituents is 3. The maximum Gasteiger partial charge on any atom is 0.271 e. The van der Waals surface area contributed by atoms with Crippen molar-refractivity contribution in [3.05, 3.63) is 69.7 Å². The normalized spacial score (nSPS) is 11.3. The molecule has 10 heteroatoms. The largest absolute Gasteiger partial charge is 0.507 e. The minimum Gasteiger partial charge on any atom is -0.507 e. The molecule has 3 aromatic carbocycles. The first kappa shape index (κ1) is 20.5. The highest BCUT2D eigenvalue weighted by Crippen LogP contribution is 2.40. The molecule has 0 radical (unpaired) electrons. The van der Waals surface area contributed by atoms with Gasteiger partial charge < -0.3 is 20.3 Å². The number of aromatic hydroxyl groups is 3. The summed E-state index contributed by atoms with van der Waals surface area (Å²) in [5.74, 6) is -0.811. The van der Waals surface area contributed by atoms with E-state index in [1.54, 1.807) is 42.5 Å². The second-order valence-electron chi connectivity index (χ2n) is 6.49. The molecule has 0 bridgehead atoms. The van der Waals surface area contributed by atoms with Crippen molar-refractivity contribution in [2.24, 2.45) is 5.10 Å². The lowest BCUT2D eigenvalue weighted by Gasteiger charge is -2.05. The van der Waals surface area contributed by atoms with E-state index in [4.69, 9.17) is 23.2 Å². The lowest BCUT2D eigenvalue weighted by atomic mass is 10.2. The number of hydrazone groups is 1. The number of aromatic nitrogens is 2. The van der Waals surface area contributed by atoms with Gasteiger partial charge in [-0.25, -0.2) is 10.4 Å². The number of rotatable bonds is 4. The van der Waals surface area contributed by atoms with Crippen molar-refractivity contribution >= 4 is 46.4 Å². The number of carbonyl (C=O) groups is 1. The van der Waals surface area contributed by atoms with E-state index in [1.165, 1.54) is 6.07 Å². The van der Waals surface area contributed by atoms with Crippen LogP contribution in [0.3, 0.4) is 0 Å². The van der Waals surface area contributed by atoms with E-state index in [9.17, 15) is 20.1 Å². The third kappa shape index (κ3) is 3.98. The van der Waals surface area contributed by atoms with Gasteiger partial charge in [-0.1, -0.05) is 35.3 Å². The molecule has 156 valence electrons. The summed E-state index contributed by atoms with van der Waals surface area (Å²) in [6.07, 6.45) is 1.15. The number of aromatic amines is 1. The number of H-pyrrole nitrogens is 1. The monoisotopic (exact) mass is 456 g/mol. The Bertz CT molecular complexity index is 1350. The number of hydrogen-bond donors (Lipinski definition) is 5. The number of para-hydroxylation sites is 1. The summed E-state index contributed by atoms with van der Waals surface area (Å²) >= 11 is 11.6. The summed E-state index contributed by atoms with van der Waals surface area (Å²) < 4.78 is 0. The lowest BCUT2D eigenvalue weighted by molar-refractivity contribution is 0.0955. The van der Waals surface area contributed by atoms with Crippen molar-refractivity contribution in [2.75, 3.05) is 0 Å². The summed E-state index contributed by atoms with van der Waals surface area (Å²) in [4.78, 5) is 19.9. The van der Waals surface area contributed by atoms with Gasteiger partial charge in [0.25, 0.3) is 5.91 Å². The molecular formula is C21H14Cl2N4O4. The second-order valence-corrected chi connectivity index (χ2v) is 7.28. The van der Waals surface area contributed by atoms with E-state index in [1.807, 2.05) is 0 Å². The van der Waals surface area contributed by atoms with Crippen molar-refractivity contribution < 1.29 is 20.1 Å². The minimum absolute atomic E-state index is 0.0690. The predicted octanol–water partition coefficient (Wildman–Crippen LogP) is 4.42. The van der Waals surface area contributed by atoms with Gasteiger partial charge in [0.15, 0.2) is 5.75 Å².